The summed E-state index contributed by atoms with van der Waals surface area (Å²) >= 11 is 0. The Balaban J connectivity index is 1.70. The minimum atomic E-state index is 0.104. The fourth-order valence-electron chi connectivity index (χ4n) is 3.86. The molecule has 2 aliphatic rings. The Labute approximate surface area is 127 Å². The van der Waals surface area contributed by atoms with Crippen molar-refractivity contribution in [1.82, 2.24) is 10.2 Å². The van der Waals surface area contributed by atoms with Gasteiger partial charge in [-0.1, -0.05) is 12.1 Å². The first kappa shape index (κ1) is 14.6. The lowest BCUT2D eigenvalue weighted by atomic mass is 10.0. The summed E-state index contributed by atoms with van der Waals surface area (Å²) in [5.74, 6) is 0.104. The van der Waals surface area contributed by atoms with E-state index in [0.29, 0.717) is 12.1 Å². The lowest BCUT2D eigenvalue weighted by molar-refractivity contribution is 0.0911. The van der Waals surface area contributed by atoms with Crippen LogP contribution in [0.1, 0.15) is 53.6 Å². The van der Waals surface area contributed by atoms with Crippen molar-refractivity contribution in [2.75, 3.05) is 13.1 Å². The van der Waals surface area contributed by atoms with E-state index in [2.05, 4.69) is 23.2 Å². The molecular weight excluding hydrogens is 260 g/mol. The molecule has 1 amide bonds. The van der Waals surface area contributed by atoms with E-state index in [1.54, 1.807) is 0 Å². The highest BCUT2D eigenvalue weighted by atomic mass is 16.1. The van der Waals surface area contributed by atoms with E-state index in [1.807, 2.05) is 19.1 Å². The molecule has 1 saturated heterocycles. The Morgan fingerprint density at radius 3 is 2.67 bits per heavy atom. The fourth-order valence-corrected chi connectivity index (χ4v) is 3.86. The maximum Gasteiger partial charge on any atom is 0.251 e. The van der Waals surface area contributed by atoms with Gasteiger partial charge in [0.05, 0.1) is 0 Å². The molecule has 1 aliphatic heterocycles. The molecule has 1 aromatic carbocycles. The number of hydrogen-bond donors (Lipinski definition) is 1. The summed E-state index contributed by atoms with van der Waals surface area (Å²) in [6.45, 7) is 6.52. The Kier molecular flexibility index (Phi) is 4.29. The van der Waals surface area contributed by atoms with E-state index in [9.17, 15) is 4.79 Å². The number of aryl methyl sites for hydroxylation is 1. The lowest BCUT2D eigenvalue weighted by Crippen LogP contribution is -2.47. The largest absolute Gasteiger partial charge is 0.348 e. The van der Waals surface area contributed by atoms with Gasteiger partial charge in [-0.2, -0.15) is 0 Å². The predicted octanol–water partition coefficient (Wildman–Crippen LogP) is 3.05. The number of likely N-dealkylation sites (tertiary alicyclic amines) is 1. The van der Waals surface area contributed by atoms with Crippen LogP contribution < -0.4 is 5.32 Å². The second kappa shape index (κ2) is 6.18. The van der Waals surface area contributed by atoms with Crippen molar-refractivity contribution in [3.8, 4) is 0 Å². The molecule has 3 rings (SSSR count). The summed E-state index contributed by atoms with van der Waals surface area (Å²) in [5.41, 5.74) is 3.12. The molecule has 21 heavy (non-hydrogen) atoms. The number of carbonyl (C=O) groups is 1. The van der Waals surface area contributed by atoms with E-state index in [0.717, 1.165) is 17.5 Å². The van der Waals surface area contributed by atoms with Crippen molar-refractivity contribution in [2.45, 2.75) is 58.0 Å². The normalized spacial score (nSPS) is 26.2. The van der Waals surface area contributed by atoms with E-state index < -0.39 is 0 Å². The third kappa shape index (κ3) is 2.98. The molecule has 2 fully saturated rings. The van der Waals surface area contributed by atoms with E-state index in [1.165, 1.54) is 44.3 Å². The average Bonchev–Trinajstić information content (AvgIpc) is 3.12. The van der Waals surface area contributed by atoms with Crippen LogP contribution in [0.3, 0.4) is 0 Å². The summed E-state index contributed by atoms with van der Waals surface area (Å²) in [6, 6.07) is 6.87. The fraction of sp³-hybridized carbons (Fsp3) is 0.611. The zero-order chi connectivity index (χ0) is 14.8. The summed E-state index contributed by atoms with van der Waals surface area (Å²) in [5, 5.41) is 3.31. The van der Waals surface area contributed by atoms with Gasteiger partial charge in [-0.25, -0.2) is 0 Å². The van der Waals surface area contributed by atoms with Gasteiger partial charge in [0.2, 0.25) is 0 Å². The minimum Gasteiger partial charge on any atom is -0.348 e. The summed E-state index contributed by atoms with van der Waals surface area (Å²) in [7, 11) is 0. The first-order chi connectivity index (χ1) is 10.2. The van der Waals surface area contributed by atoms with Crippen LogP contribution in [-0.2, 0) is 0 Å². The summed E-state index contributed by atoms with van der Waals surface area (Å²) < 4.78 is 0. The van der Waals surface area contributed by atoms with Crippen LogP contribution in [-0.4, -0.2) is 36.0 Å². The highest BCUT2D eigenvalue weighted by Crippen LogP contribution is 2.27. The number of hydrogen-bond acceptors (Lipinski definition) is 2. The van der Waals surface area contributed by atoms with E-state index in [4.69, 9.17) is 0 Å². The molecule has 1 heterocycles. The number of carbonyl (C=O) groups excluding carboxylic acids is 1. The van der Waals surface area contributed by atoms with Gasteiger partial charge in [-0.3, -0.25) is 9.69 Å². The van der Waals surface area contributed by atoms with Gasteiger partial charge in [0.15, 0.2) is 0 Å². The molecule has 1 aromatic rings. The zero-order valence-electron chi connectivity index (χ0n) is 13.2. The van der Waals surface area contributed by atoms with Gasteiger partial charge in [0.1, 0.15) is 0 Å². The van der Waals surface area contributed by atoms with Gasteiger partial charge in [-0.05, 0) is 76.2 Å². The molecule has 3 heteroatoms. The topological polar surface area (TPSA) is 32.3 Å². The Morgan fingerprint density at radius 1 is 1.14 bits per heavy atom. The second-order valence-corrected chi connectivity index (χ2v) is 6.57. The van der Waals surface area contributed by atoms with Gasteiger partial charge in [0.25, 0.3) is 5.91 Å². The molecule has 0 bridgehead atoms. The third-order valence-electron chi connectivity index (χ3n) is 5.25. The lowest BCUT2D eigenvalue weighted by Gasteiger charge is -2.29. The van der Waals surface area contributed by atoms with Crippen molar-refractivity contribution in [3.63, 3.8) is 0 Å². The predicted molar refractivity (Wildman–Crippen MR) is 85.6 cm³/mol. The maximum atomic E-state index is 12.6. The van der Waals surface area contributed by atoms with Crippen LogP contribution in [0.4, 0.5) is 0 Å². The highest BCUT2D eigenvalue weighted by Gasteiger charge is 2.34. The first-order valence-corrected chi connectivity index (χ1v) is 8.28. The summed E-state index contributed by atoms with van der Waals surface area (Å²) in [6.07, 6.45) is 6.22. The third-order valence-corrected chi connectivity index (χ3v) is 5.25. The van der Waals surface area contributed by atoms with Crippen molar-refractivity contribution in [3.05, 3.63) is 34.9 Å². The number of amides is 1. The second-order valence-electron chi connectivity index (χ2n) is 6.57. The molecule has 2 atom stereocenters. The SMILES string of the molecule is Cc1cccc(C(=O)NC2CCCC2N2CCCC2)c1C. The van der Waals surface area contributed by atoms with Crippen molar-refractivity contribution in [2.24, 2.45) is 0 Å². The standard InChI is InChI=1S/C18H26N2O/c1-13-7-5-8-15(14(13)2)18(21)19-16-9-6-10-17(16)20-11-3-4-12-20/h5,7-8,16-17H,3-4,6,9-12H2,1-2H3,(H,19,21). The van der Waals surface area contributed by atoms with Gasteiger partial charge >= 0.3 is 0 Å². The molecular formula is C18H26N2O. The van der Waals surface area contributed by atoms with Crippen LogP contribution in [0, 0.1) is 13.8 Å². The summed E-state index contributed by atoms with van der Waals surface area (Å²) in [4.78, 5) is 15.2. The highest BCUT2D eigenvalue weighted by molar-refractivity contribution is 5.96. The first-order valence-electron chi connectivity index (χ1n) is 8.28. The number of benzene rings is 1. The van der Waals surface area contributed by atoms with Crippen LogP contribution in [0.15, 0.2) is 18.2 Å². The van der Waals surface area contributed by atoms with E-state index in [-0.39, 0.29) is 5.91 Å². The molecule has 0 aromatic heterocycles. The maximum absolute atomic E-state index is 12.6. The average molecular weight is 286 g/mol. The smallest absolute Gasteiger partial charge is 0.251 e. The number of rotatable bonds is 3. The Bertz CT molecular complexity index is 520. The van der Waals surface area contributed by atoms with Crippen LogP contribution in [0.5, 0.6) is 0 Å². The Morgan fingerprint density at radius 2 is 1.90 bits per heavy atom. The molecule has 1 aliphatic carbocycles. The molecule has 0 radical (unpaired) electrons. The van der Waals surface area contributed by atoms with Crippen LogP contribution in [0.2, 0.25) is 0 Å². The Hall–Kier alpha value is -1.35. The molecule has 1 N–H and O–H groups in total. The van der Waals surface area contributed by atoms with Gasteiger partial charge in [0, 0.05) is 17.6 Å². The van der Waals surface area contributed by atoms with E-state index >= 15 is 0 Å². The van der Waals surface area contributed by atoms with Gasteiger partial charge in [-0.15, -0.1) is 0 Å². The number of nitrogens with zero attached hydrogens (tertiary/aromatic N) is 1. The molecule has 3 nitrogen and oxygen atoms in total. The van der Waals surface area contributed by atoms with Crippen molar-refractivity contribution < 1.29 is 4.79 Å². The minimum absolute atomic E-state index is 0.104. The van der Waals surface area contributed by atoms with Crippen molar-refractivity contribution >= 4 is 5.91 Å². The van der Waals surface area contributed by atoms with Crippen LogP contribution in [0.25, 0.3) is 0 Å². The monoisotopic (exact) mass is 286 g/mol. The van der Waals surface area contributed by atoms with Crippen LogP contribution >= 0.6 is 0 Å². The zero-order valence-corrected chi connectivity index (χ0v) is 13.2. The van der Waals surface area contributed by atoms with Crippen molar-refractivity contribution in [1.29, 1.82) is 0 Å². The molecule has 2 unspecified atom stereocenters. The van der Waals surface area contributed by atoms with Gasteiger partial charge < -0.3 is 5.32 Å². The molecule has 1 saturated carbocycles. The number of nitrogens with one attached hydrogen (secondary N) is 1. The quantitative estimate of drug-likeness (QED) is 0.926. The molecule has 0 spiro atoms. The molecule has 114 valence electrons.